The second kappa shape index (κ2) is 9.09. The van der Waals surface area contributed by atoms with Crippen LogP contribution in [0.5, 0.6) is 0 Å². The Hall–Kier alpha value is -1.88. The lowest BCUT2D eigenvalue weighted by Crippen LogP contribution is -2.32. The van der Waals surface area contributed by atoms with Gasteiger partial charge in [0.15, 0.2) is 0 Å². The molecule has 110 valence electrons. The van der Waals surface area contributed by atoms with E-state index in [1.54, 1.807) is 7.05 Å². The molecule has 0 saturated heterocycles. The van der Waals surface area contributed by atoms with Crippen LogP contribution in [-0.2, 0) is 4.79 Å². The van der Waals surface area contributed by atoms with Crippen LogP contribution in [0.25, 0.3) is 0 Å². The Labute approximate surface area is 120 Å². The van der Waals surface area contributed by atoms with Gasteiger partial charge in [-0.3, -0.25) is 9.59 Å². The zero-order valence-electron chi connectivity index (χ0n) is 12.2. The summed E-state index contributed by atoms with van der Waals surface area (Å²) in [6.45, 7) is 4.04. The van der Waals surface area contributed by atoms with Gasteiger partial charge in [-0.15, -0.1) is 0 Å². The first kappa shape index (κ1) is 16.2. The van der Waals surface area contributed by atoms with Crippen molar-refractivity contribution < 1.29 is 9.59 Å². The summed E-state index contributed by atoms with van der Waals surface area (Å²) in [6.07, 6.45) is 1.32. The van der Waals surface area contributed by atoms with Crippen LogP contribution < -0.4 is 16.0 Å². The van der Waals surface area contributed by atoms with Crippen LogP contribution in [0, 0.1) is 6.92 Å². The lowest BCUT2D eigenvalue weighted by atomic mass is 10.1. The molecular weight excluding hydrogens is 254 g/mol. The molecule has 0 saturated carbocycles. The minimum atomic E-state index is -0.0582. The molecule has 5 nitrogen and oxygen atoms in total. The summed E-state index contributed by atoms with van der Waals surface area (Å²) in [6, 6.07) is 7.49. The van der Waals surface area contributed by atoms with Crippen LogP contribution in [0.2, 0.25) is 0 Å². The quantitative estimate of drug-likeness (QED) is 0.617. The smallest absolute Gasteiger partial charge is 0.251 e. The number of aryl methyl sites for hydroxylation is 1. The topological polar surface area (TPSA) is 70.2 Å². The molecule has 0 spiro atoms. The molecule has 1 rings (SSSR count). The Balaban J connectivity index is 2.08. The summed E-state index contributed by atoms with van der Waals surface area (Å²) >= 11 is 0. The third kappa shape index (κ3) is 6.33. The number of carbonyl (C=O) groups is 2. The molecule has 0 aliphatic carbocycles. The van der Waals surface area contributed by atoms with Crippen molar-refractivity contribution in [3.8, 4) is 0 Å². The number of amides is 2. The molecule has 0 bridgehead atoms. The first-order chi connectivity index (χ1) is 9.63. The fourth-order valence-electron chi connectivity index (χ4n) is 1.70. The Morgan fingerprint density at radius 3 is 2.40 bits per heavy atom. The molecule has 5 heteroatoms. The van der Waals surface area contributed by atoms with Gasteiger partial charge < -0.3 is 16.0 Å². The Kier molecular flexibility index (Phi) is 7.35. The van der Waals surface area contributed by atoms with E-state index in [9.17, 15) is 9.59 Å². The molecule has 0 aromatic heterocycles. The molecule has 0 radical (unpaired) electrons. The van der Waals surface area contributed by atoms with Crippen molar-refractivity contribution in [1.29, 1.82) is 0 Å². The maximum absolute atomic E-state index is 11.8. The van der Waals surface area contributed by atoms with Crippen LogP contribution in [0.1, 0.15) is 28.8 Å². The molecule has 0 aliphatic heterocycles. The van der Waals surface area contributed by atoms with Gasteiger partial charge in [-0.2, -0.15) is 0 Å². The van der Waals surface area contributed by atoms with Gasteiger partial charge in [0.05, 0.1) is 0 Å². The van der Waals surface area contributed by atoms with E-state index in [0.717, 1.165) is 18.5 Å². The number of hydrogen-bond donors (Lipinski definition) is 3. The summed E-state index contributed by atoms with van der Waals surface area (Å²) in [4.78, 5) is 22.8. The highest BCUT2D eigenvalue weighted by Gasteiger charge is 2.03. The number of rotatable bonds is 8. The Bertz CT molecular complexity index is 429. The third-order valence-electron chi connectivity index (χ3n) is 2.94. The zero-order valence-corrected chi connectivity index (χ0v) is 12.2. The van der Waals surface area contributed by atoms with E-state index >= 15 is 0 Å². The molecule has 1 aromatic carbocycles. The molecule has 3 N–H and O–H groups in total. The summed E-state index contributed by atoms with van der Waals surface area (Å²) < 4.78 is 0. The highest BCUT2D eigenvalue weighted by molar-refractivity contribution is 5.94. The van der Waals surface area contributed by atoms with Crippen LogP contribution in [0.4, 0.5) is 0 Å². The van der Waals surface area contributed by atoms with E-state index in [4.69, 9.17) is 0 Å². The van der Waals surface area contributed by atoms with Crippen LogP contribution >= 0.6 is 0 Å². The van der Waals surface area contributed by atoms with Gasteiger partial charge in [-0.25, -0.2) is 0 Å². The summed E-state index contributed by atoms with van der Waals surface area (Å²) in [7, 11) is 1.64. The predicted molar refractivity (Wildman–Crippen MR) is 79.7 cm³/mol. The predicted octanol–water partition coefficient (Wildman–Crippen LogP) is 0.841. The van der Waals surface area contributed by atoms with Crippen molar-refractivity contribution in [3.63, 3.8) is 0 Å². The maximum atomic E-state index is 11.8. The monoisotopic (exact) mass is 277 g/mol. The minimum Gasteiger partial charge on any atom is -0.359 e. The SMILES string of the molecule is CNC(=O)CCCNCCNC(=O)c1ccc(C)cc1. The third-order valence-corrected chi connectivity index (χ3v) is 2.94. The summed E-state index contributed by atoms with van der Waals surface area (Å²) in [5.41, 5.74) is 1.81. The van der Waals surface area contributed by atoms with Gasteiger partial charge >= 0.3 is 0 Å². The first-order valence-corrected chi connectivity index (χ1v) is 6.89. The number of benzene rings is 1. The molecular formula is C15H23N3O2. The van der Waals surface area contributed by atoms with Gasteiger partial charge in [0.25, 0.3) is 5.91 Å². The zero-order chi connectivity index (χ0) is 14.8. The van der Waals surface area contributed by atoms with E-state index in [1.807, 2.05) is 31.2 Å². The molecule has 2 amide bonds. The van der Waals surface area contributed by atoms with Crippen LogP contribution in [0.15, 0.2) is 24.3 Å². The molecule has 0 atom stereocenters. The lowest BCUT2D eigenvalue weighted by molar-refractivity contribution is -0.120. The van der Waals surface area contributed by atoms with Crippen molar-refractivity contribution in [3.05, 3.63) is 35.4 Å². The molecule has 0 aliphatic rings. The Morgan fingerprint density at radius 1 is 1.05 bits per heavy atom. The molecule has 0 fully saturated rings. The first-order valence-electron chi connectivity index (χ1n) is 6.89. The molecule has 0 unspecified atom stereocenters. The van der Waals surface area contributed by atoms with Crippen molar-refractivity contribution in [2.45, 2.75) is 19.8 Å². The van der Waals surface area contributed by atoms with Crippen molar-refractivity contribution in [2.75, 3.05) is 26.7 Å². The standard InChI is InChI=1S/C15H23N3O2/c1-12-5-7-13(8-6-12)15(20)18-11-10-17-9-3-4-14(19)16-2/h5-8,17H,3-4,9-11H2,1-2H3,(H,16,19)(H,18,20). The van der Waals surface area contributed by atoms with Gasteiger partial charge in [0, 0.05) is 32.1 Å². The fraction of sp³-hybridized carbons (Fsp3) is 0.467. The average Bonchev–Trinajstić information content (AvgIpc) is 2.46. The maximum Gasteiger partial charge on any atom is 0.251 e. The van der Waals surface area contributed by atoms with Crippen LogP contribution in [0.3, 0.4) is 0 Å². The van der Waals surface area contributed by atoms with E-state index in [-0.39, 0.29) is 11.8 Å². The summed E-state index contributed by atoms with van der Waals surface area (Å²) in [5.74, 6) is -0.00312. The van der Waals surface area contributed by atoms with Crippen molar-refractivity contribution in [1.82, 2.24) is 16.0 Å². The van der Waals surface area contributed by atoms with Crippen molar-refractivity contribution in [2.24, 2.45) is 0 Å². The largest absolute Gasteiger partial charge is 0.359 e. The second-order valence-corrected chi connectivity index (χ2v) is 4.65. The highest BCUT2D eigenvalue weighted by atomic mass is 16.2. The van der Waals surface area contributed by atoms with Gasteiger partial charge in [-0.1, -0.05) is 17.7 Å². The number of nitrogens with one attached hydrogen (secondary N) is 3. The lowest BCUT2D eigenvalue weighted by Gasteiger charge is -2.07. The van der Waals surface area contributed by atoms with E-state index in [2.05, 4.69) is 16.0 Å². The van der Waals surface area contributed by atoms with Gasteiger partial charge in [0.1, 0.15) is 0 Å². The van der Waals surface area contributed by atoms with E-state index in [1.165, 1.54) is 0 Å². The Morgan fingerprint density at radius 2 is 1.75 bits per heavy atom. The normalized spacial score (nSPS) is 10.1. The van der Waals surface area contributed by atoms with Crippen LogP contribution in [-0.4, -0.2) is 38.5 Å². The number of carbonyl (C=O) groups excluding carboxylic acids is 2. The fourth-order valence-corrected chi connectivity index (χ4v) is 1.70. The van der Waals surface area contributed by atoms with Gasteiger partial charge in [0.2, 0.25) is 5.91 Å². The summed E-state index contributed by atoms with van der Waals surface area (Å²) in [5, 5.41) is 8.61. The molecule has 0 heterocycles. The van der Waals surface area contributed by atoms with Gasteiger partial charge in [-0.05, 0) is 32.0 Å². The highest BCUT2D eigenvalue weighted by Crippen LogP contribution is 2.02. The second-order valence-electron chi connectivity index (χ2n) is 4.65. The molecule has 1 aromatic rings. The van der Waals surface area contributed by atoms with E-state index in [0.29, 0.717) is 25.1 Å². The van der Waals surface area contributed by atoms with E-state index < -0.39 is 0 Å². The van der Waals surface area contributed by atoms with Crippen molar-refractivity contribution >= 4 is 11.8 Å². The number of hydrogen-bond acceptors (Lipinski definition) is 3. The minimum absolute atomic E-state index is 0.0551. The average molecular weight is 277 g/mol. The molecule has 20 heavy (non-hydrogen) atoms.